The van der Waals surface area contributed by atoms with Crippen molar-refractivity contribution in [2.45, 2.75) is 25.7 Å². The summed E-state index contributed by atoms with van der Waals surface area (Å²) in [5.74, 6) is -0.390. The highest BCUT2D eigenvalue weighted by atomic mass is 16.3. The maximum Gasteiger partial charge on any atom is 0.255 e. The van der Waals surface area contributed by atoms with E-state index in [2.05, 4.69) is 5.32 Å². The third-order valence-electron chi connectivity index (χ3n) is 3.29. The molecule has 3 N–H and O–H groups in total. The number of benzene rings is 1. The summed E-state index contributed by atoms with van der Waals surface area (Å²) in [6.45, 7) is 0.647. The molecule has 0 bridgehead atoms. The van der Waals surface area contributed by atoms with E-state index < -0.39 is 0 Å². The highest BCUT2D eigenvalue weighted by Crippen LogP contribution is 2.28. The number of para-hydroxylation sites is 1. The third-order valence-corrected chi connectivity index (χ3v) is 3.29. The standard InChI is InChI=1S/C13H17NO3/c15-11-7-3-6-10(12(11)16)13(17)14-8-9-4-1-2-5-9/h3,6-7,9,15-16H,1-2,4-5,8H2,(H,14,17). The van der Waals surface area contributed by atoms with Crippen LogP contribution in [0.2, 0.25) is 0 Å². The lowest BCUT2D eigenvalue weighted by molar-refractivity contribution is 0.0944. The molecule has 1 fully saturated rings. The van der Waals surface area contributed by atoms with Crippen LogP contribution < -0.4 is 5.32 Å². The Morgan fingerprint density at radius 3 is 2.71 bits per heavy atom. The zero-order chi connectivity index (χ0) is 12.3. The molecule has 1 aliphatic carbocycles. The van der Waals surface area contributed by atoms with Crippen LogP contribution in [0.15, 0.2) is 18.2 Å². The number of nitrogens with one attached hydrogen (secondary N) is 1. The Bertz CT molecular complexity index is 411. The van der Waals surface area contributed by atoms with Crippen LogP contribution in [0.3, 0.4) is 0 Å². The number of carbonyl (C=O) groups excluding carboxylic acids is 1. The van der Waals surface area contributed by atoms with Crippen molar-refractivity contribution in [3.63, 3.8) is 0 Å². The number of phenols is 2. The van der Waals surface area contributed by atoms with E-state index in [0.29, 0.717) is 12.5 Å². The molecule has 0 spiro atoms. The maximum absolute atomic E-state index is 11.8. The van der Waals surface area contributed by atoms with Crippen LogP contribution >= 0.6 is 0 Å². The van der Waals surface area contributed by atoms with E-state index in [-0.39, 0.29) is 23.0 Å². The highest BCUT2D eigenvalue weighted by Gasteiger charge is 2.18. The van der Waals surface area contributed by atoms with Crippen molar-refractivity contribution in [2.75, 3.05) is 6.54 Å². The zero-order valence-corrected chi connectivity index (χ0v) is 9.65. The van der Waals surface area contributed by atoms with Gasteiger partial charge in [-0.3, -0.25) is 4.79 Å². The number of aromatic hydroxyl groups is 2. The Kier molecular flexibility index (Phi) is 3.52. The molecule has 0 heterocycles. The average Bonchev–Trinajstić information content (AvgIpc) is 2.82. The van der Waals surface area contributed by atoms with Crippen molar-refractivity contribution in [2.24, 2.45) is 5.92 Å². The summed E-state index contributed by atoms with van der Waals surface area (Å²) >= 11 is 0. The average molecular weight is 235 g/mol. The normalized spacial score (nSPS) is 16.0. The second-order valence-electron chi connectivity index (χ2n) is 4.53. The Hall–Kier alpha value is -1.71. The van der Waals surface area contributed by atoms with Gasteiger partial charge in [-0.2, -0.15) is 0 Å². The molecule has 0 atom stereocenters. The smallest absolute Gasteiger partial charge is 0.255 e. The number of carbonyl (C=O) groups is 1. The van der Waals surface area contributed by atoms with Gasteiger partial charge >= 0.3 is 0 Å². The molecule has 17 heavy (non-hydrogen) atoms. The van der Waals surface area contributed by atoms with Crippen LogP contribution in [0.1, 0.15) is 36.0 Å². The molecular formula is C13H17NO3. The lowest BCUT2D eigenvalue weighted by Gasteiger charge is -2.11. The van der Waals surface area contributed by atoms with Crippen molar-refractivity contribution in [1.29, 1.82) is 0 Å². The fourth-order valence-electron chi connectivity index (χ4n) is 2.26. The summed E-state index contributed by atoms with van der Waals surface area (Å²) in [6, 6.07) is 4.39. The lowest BCUT2D eigenvalue weighted by atomic mass is 10.1. The van der Waals surface area contributed by atoms with Crippen LogP contribution in [-0.4, -0.2) is 22.7 Å². The summed E-state index contributed by atoms with van der Waals surface area (Å²) in [5, 5.41) is 21.6. The minimum atomic E-state index is -0.351. The van der Waals surface area contributed by atoms with Crippen LogP contribution in [0.4, 0.5) is 0 Å². The summed E-state index contributed by atoms with van der Waals surface area (Å²) in [5.41, 5.74) is 0.128. The number of phenolic OH excluding ortho intramolecular Hbond substituents is 2. The summed E-state index contributed by atoms with van der Waals surface area (Å²) < 4.78 is 0. The van der Waals surface area contributed by atoms with Crippen LogP contribution in [0.25, 0.3) is 0 Å². The predicted molar refractivity (Wildman–Crippen MR) is 64.1 cm³/mol. The summed E-state index contributed by atoms with van der Waals surface area (Å²) in [6.07, 6.45) is 4.79. The van der Waals surface area contributed by atoms with Gasteiger partial charge in [-0.1, -0.05) is 18.9 Å². The third kappa shape index (κ3) is 2.70. The molecule has 1 aliphatic rings. The number of hydrogen-bond donors (Lipinski definition) is 3. The van der Waals surface area contributed by atoms with Gasteiger partial charge in [0.25, 0.3) is 5.91 Å². The Morgan fingerprint density at radius 2 is 2.00 bits per heavy atom. The molecule has 1 aromatic rings. The largest absolute Gasteiger partial charge is 0.504 e. The van der Waals surface area contributed by atoms with E-state index >= 15 is 0 Å². The van der Waals surface area contributed by atoms with Crippen molar-refractivity contribution in [3.8, 4) is 11.5 Å². The number of amides is 1. The van der Waals surface area contributed by atoms with Crippen molar-refractivity contribution in [1.82, 2.24) is 5.32 Å². The van der Waals surface area contributed by atoms with Gasteiger partial charge < -0.3 is 15.5 Å². The first-order chi connectivity index (χ1) is 8.18. The van der Waals surface area contributed by atoms with Gasteiger partial charge in [0.1, 0.15) is 0 Å². The van der Waals surface area contributed by atoms with Gasteiger partial charge in [0.05, 0.1) is 5.56 Å². The molecule has 0 saturated heterocycles. The van der Waals surface area contributed by atoms with Crippen LogP contribution in [0.5, 0.6) is 11.5 Å². The van der Waals surface area contributed by atoms with Gasteiger partial charge in [-0.25, -0.2) is 0 Å². The Balaban J connectivity index is 1.97. The molecule has 4 nitrogen and oxygen atoms in total. The quantitative estimate of drug-likeness (QED) is 0.702. The first kappa shape index (κ1) is 11.8. The molecular weight excluding hydrogens is 218 g/mol. The highest BCUT2D eigenvalue weighted by molar-refractivity contribution is 5.97. The second-order valence-corrected chi connectivity index (χ2v) is 4.53. The van der Waals surface area contributed by atoms with E-state index in [0.717, 1.165) is 12.8 Å². The summed E-state index contributed by atoms with van der Waals surface area (Å²) in [7, 11) is 0. The minimum absolute atomic E-state index is 0.128. The van der Waals surface area contributed by atoms with E-state index in [4.69, 9.17) is 0 Å². The Morgan fingerprint density at radius 1 is 1.29 bits per heavy atom. The van der Waals surface area contributed by atoms with Gasteiger partial charge in [-0.15, -0.1) is 0 Å². The molecule has 4 heteroatoms. The predicted octanol–water partition coefficient (Wildman–Crippen LogP) is 2.02. The van der Waals surface area contributed by atoms with Crippen molar-refractivity contribution >= 4 is 5.91 Å². The van der Waals surface area contributed by atoms with Gasteiger partial charge in [0.2, 0.25) is 0 Å². The van der Waals surface area contributed by atoms with E-state index in [1.807, 2.05) is 0 Å². The first-order valence-corrected chi connectivity index (χ1v) is 5.97. The lowest BCUT2D eigenvalue weighted by Crippen LogP contribution is -2.28. The van der Waals surface area contributed by atoms with Crippen LogP contribution in [-0.2, 0) is 0 Å². The van der Waals surface area contributed by atoms with Crippen molar-refractivity contribution in [3.05, 3.63) is 23.8 Å². The molecule has 1 saturated carbocycles. The van der Waals surface area contributed by atoms with Gasteiger partial charge in [0, 0.05) is 6.54 Å². The first-order valence-electron chi connectivity index (χ1n) is 5.97. The van der Waals surface area contributed by atoms with E-state index in [1.54, 1.807) is 6.07 Å². The fourth-order valence-corrected chi connectivity index (χ4v) is 2.26. The molecule has 2 rings (SSSR count). The van der Waals surface area contributed by atoms with Crippen molar-refractivity contribution < 1.29 is 15.0 Å². The molecule has 0 aromatic heterocycles. The molecule has 0 unspecified atom stereocenters. The molecule has 0 radical (unpaired) electrons. The maximum atomic E-state index is 11.8. The number of rotatable bonds is 3. The minimum Gasteiger partial charge on any atom is -0.504 e. The summed E-state index contributed by atoms with van der Waals surface area (Å²) in [4.78, 5) is 11.8. The second kappa shape index (κ2) is 5.08. The monoisotopic (exact) mass is 235 g/mol. The SMILES string of the molecule is O=C(NCC1CCCC1)c1cccc(O)c1O. The molecule has 92 valence electrons. The molecule has 1 aromatic carbocycles. The van der Waals surface area contributed by atoms with E-state index in [1.165, 1.54) is 25.0 Å². The topological polar surface area (TPSA) is 69.6 Å². The van der Waals surface area contributed by atoms with E-state index in [9.17, 15) is 15.0 Å². The Labute approximate surface area is 100 Å². The fraction of sp³-hybridized carbons (Fsp3) is 0.462. The zero-order valence-electron chi connectivity index (χ0n) is 9.65. The number of hydrogen-bond acceptors (Lipinski definition) is 3. The van der Waals surface area contributed by atoms with Gasteiger partial charge in [-0.05, 0) is 30.9 Å². The van der Waals surface area contributed by atoms with Gasteiger partial charge in [0.15, 0.2) is 11.5 Å². The molecule has 0 aliphatic heterocycles. The van der Waals surface area contributed by atoms with Crippen LogP contribution in [0, 0.1) is 5.92 Å². The molecule has 1 amide bonds.